The predicted molar refractivity (Wildman–Crippen MR) is 87.7 cm³/mol. The van der Waals surface area contributed by atoms with Gasteiger partial charge in [-0.2, -0.15) is 0 Å². The van der Waals surface area contributed by atoms with E-state index in [1.165, 1.54) is 23.1 Å². The Morgan fingerprint density at radius 3 is 2.43 bits per heavy atom. The van der Waals surface area contributed by atoms with E-state index in [1.54, 1.807) is 6.07 Å². The highest BCUT2D eigenvalue weighted by atomic mass is 32.2. The molecular weight excluding hydrogens is 314 g/mol. The SMILES string of the molecule is O=C1S/C(=C/c2ccc(O)c(O)c2)C(=O)N1Cc1ccccc1. The first-order chi connectivity index (χ1) is 11.0. The number of amides is 2. The van der Waals surface area contributed by atoms with Gasteiger partial charge in [-0.05, 0) is 41.1 Å². The second-order valence-electron chi connectivity index (χ2n) is 5.00. The van der Waals surface area contributed by atoms with Crippen LogP contribution in [0.5, 0.6) is 11.5 Å². The van der Waals surface area contributed by atoms with Gasteiger partial charge in [0.05, 0.1) is 11.4 Å². The summed E-state index contributed by atoms with van der Waals surface area (Å²) in [5.74, 6) is -0.877. The van der Waals surface area contributed by atoms with Crippen molar-refractivity contribution in [1.82, 2.24) is 4.90 Å². The van der Waals surface area contributed by atoms with Gasteiger partial charge in [-0.25, -0.2) is 0 Å². The number of phenols is 2. The molecule has 0 aromatic heterocycles. The molecule has 2 aromatic rings. The molecule has 1 aliphatic rings. The number of thioether (sulfide) groups is 1. The van der Waals surface area contributed by atoms with Crippen LogP contribution in [-0.4, -0.2) is 26.3 Å². The second kappa shape index (κ2) is 6.18. The number of benzene rings is 2. The normalized spacial score (nSPS) is 16.3. The van der Waals surface area contributed by atoms with Crippen molar-refractivity contribution in [2.75, 3.05) is 0 Å². The van der Waals surface area contributed by atoms with Crippen molar-refractivity contribution in [1.29, 1.82) is 0 Å². The van der Waals surface area contributed by atoms with Gasteiger partial charge < -0.3 is 10.2 Å². The highest BCUT2D eigenvalue weighted by molar-refractivity contribution is 8.18. The fraction of sp³-hybridized carbons (Fsp3) is 0.0588. The van der Waals surface area contributed by atoms with Gasteiger partial charge in [0.2, 0.25) is 0 Å². The molecule has 2 aromatic carbocycles. The molecule has 116 valence electrons. The second-order valence-corrected chi connectivity index (χ2v) is 5.99. The van der Waals surface area contributed by atoms with E-state index in [1.807, 2.05) is 30.3 Å². The number of phenolic OH excluding ortho intramolecular Hbond substituents is 2. The van der Waals surface area contributed by atoms with Gasteiger partial charge in [-0.1, -0.05) is 36.4 Å². The molecule has 0 saturated carbocycles. The van der Waals surface area contributed by atoms with Gasteiger partial charge in [0.25, 0.3) is 11.1 Å². The minimum Gasteiger partial charge on any atom is -0.504 e. The standard InChI is InChI=1S/C17H13NO4S/c19-13-7-6-12(8-14(13)20)9-15-16(21)18(17(22)23-15)10-11-4-2-1-3-5-11/h1-9,19-20H,10H2/b15-9+. The average molecular weight is 327 g/mol. The van der Waals surface area contributed by atoms with E-state index in [2.05, 4.69) is 0 Å². The van der Waals surface area contributed by atoms with E-state index in [9.17, 15) is 19.8 Å². The summed E-state index contributed by atoms with van der Waals surface area (Å²) in [4.78, 5) is 25.9. The van der Waals surface area contributed by atoms with Gasteiger partial charge >= 0.3 is 0 Å². The van der Waals surface area contributed by atoms with Crippen LogP contribution in [-0.2, 0) is 11.3 Å². The monoisotopic (exact) mass is 327 g/mol. The van der Waals surface area contributed by atoms with Crippen LogP contribution in [0.4, 0.5) is 4.79 Å². The van der Waals surface area contributed by atoms with Gasteiger partial charge in [0, 0.05) is 0 Å². The number of rotatable bonds is 3. The number of carbonyl (C=O) groups is 2. The van der Waals surface area contributed by atoms with Crippen molar-refractivity contribution >= 4 is 29.0 Å². The molecule has 5 nitrogen and oxygen atoms in total. The van der Waals surface area contributed by atoms with Crippen molar-refractivity contribution in [3.63, 3.8) is 0 Å². The molecule has 0 bridgehead atoms. The summed E-state index contributed by atoms with van der Waals surface area (Å²) in [6.07, 6.45) is 1.52. The smallest absolute Gasteiger partial charge is 0.293 e. The Balaban J connectivity index is 1.83. The Hall–Kier alpha value is -2.73. The van der Waals surface area contributed by atoms with Gasteiger partial charge in [0.15, 0.2) is 11.5 Å². The summed E-state index contributed by atoms with van der Waals surface area (Å²) in [6, 6.07) is 13.5. The number of aromatic hydroxyl groups is 2. The predicted octanol–water partition coefficient (Wildman–Crippen LogP) is 3.33. The van der Waals surface area contributed by atoms with Crippen LogP contribution >= 0.6 is 11.8 Å². The lowest BCUT2D eigenvalue weighted by Crippen LogP contribution is -2.27. The maximum absolute atomic E-state index is 12.4. The Kier molecular flexibility index (Phi) is 4.08. The van der Waals surface area contributed by atoms with Crippen molar-refractivity contribution in [2.45, 2.75) is 6.54 Å². The Morgan fingerprint density at radius 1 is 1.00 bits per heavy atom. The Bertz CT molecular complexity index is 801. The van der Waals surface area contributed by atoms with Crippen molar-refractivity contribution in [3.05, 3.63) is 64.6 Å². The van der Waals surface area contributed by atoms with E-state index in [0.29, 0.717) is 5.56 Å². The number of imide groups is 1. The molecule has 1 saturated heterocycles. The van der Waals surface area contributed by atoms with Gasteiger partial charge in [-0.15, -0.1) is 0 Å². The van der Waals surface area contributed by atoms with Crippen LogP contribution in [0.25, 0.3) is 6.08 Å². The molecule has 23 heavy (non-hydrogen) atoms. The quantitative estimate of drug-likeness (QED) is 0.668. The van der Waals surface area contributed by atoms with Gasteiger partial charge in [-0.3, -0.25) is 14.5 Å². The summed E-state index contributed by atoms with van der Waals surface area (Å²) in [7, 11) is 0. The zero-order valence-corrected chi connectivity index (χ0v) is 12.8. The van der Waals surface area contributed by atoms with Crippen molar-refractivity contribution < 1.29 is 19.8 Å². The molecule has 1 aliphatic heterocycles. The fourth-order valence-corrected chi connectivity index (χ4v) is 3.02. The van der Waals surface area contributed by atoms with Crippen LogP contribution in [0.1, 0.15) is 11.1 Å². The average Bonchev–Trinajstić information content (AvgIpc) is 2.80. The lowest BCUT2D eigenvalue weighted by atomic mass is 10.2. The molecule has 0 atom stereocenters. The molecule has 0 unspecified atom stereocenters. The van der Waals surface area contributed by atoms with Gasteiger partial charge in [0.1, 0.15) is 0 Å². The summed E-state index contributed by atoms with van der Waals surface area (Å²) in [6.45, 7) is 0.226. The molecule has 1 fully saturated rings. The highest BCUT2D eigenvalue weighted by Crippen LogP contribution is 2.34. The maximum atomic E-state index is 12.4. The Labute approximate surface area is 136 Å². The third-order valence-corrected chi connectivity index (χ3v) is 4.26. The van der Waals surface area contributed by atoms with E-state index < -0.39 is 0 Å². The van der Waals surface area contributed by atoms with E-state index >= 15 is 0 Å². The number of nitrogens with zero attached hydrogens (tertiary/aromatic N) is 1. The highest BCUT2D eigenvalue weighted by Gasteiger charge is 2.34. The number of hydrogen-bond donors (Lipinski definition) is 2. The summed E-state index contributed by atoms with van der Waals surface area (Å²) in [5, 5.41) is 18.5. The molecular formula is C17H13NO4S. The van der Waals surface area contributed by atoms with E-state index in [-0.39, 0.29) is 34.1 Å². The van der Waals surface area contributed by atoms with Crippen LogP contribution in [0.3, 0.4) is 0 Å². The molecule has 6 heteroatoms. The largest absolute Gasteiger partial charge is 0.504 e. The number of hydrogen-bond acceptors (Lipinski definition) is 5. The molecule has 2 amide bonds. The molecule has 3 rings (SSSR count). The summed E-state index contributed by atoms with van der Waals surface area (Å²) >= 11 is 0.860. The topological polar surface area (TPSA) is 77.8 Å². The van der Waals surface area contributed by atoms with Crippen LogP contribution in [0, 0.1) is 0 Å². The maximum Gasteiger partial charge on any atom is 0.293 e. The molecule has 1 heterocycles. The lowest BCUT2D eigenvalue weighted by Gasteiger charge is -2.12. The van der Waals surface area contributed by atoms with Crippen LogP contribution < -0.4 is 0 Å². The lowest BCUT2D eigenvalue weighted by molar-refractivity contribution is -0.123. The zero-order chi connectivity index (χ0) is 16.4. The summed E-state index contributed by atoms with van der Waals surface area (Å²) < 4.78 is 0. The Morgan fingerprint density at radius 2 is 1.74 bits per heavy atom. The minimum absolute atomic E-state index is 0.226. The summed E-state index contributed by atoms with van der Waals surface area (Å²) in [5.41, 5.74) is 1.41. The minimum atomic E-state index is -0.364. The zero-order valence-electron chi connectivity index (χ0n) is 12.0. The van der Waals surface area contributed by atoms with Crippen LogP contribution in [0.2, 0.25) is 0 Å². The van der Waals surface area contributed by atoms with Crippen molar-refractivity contribution in [2.24, 2.45) is 0 Å². The van der Waals surface area contributed by atoms with E-state index in [4.69, 9.17) is 0 Å². The molecule has 0 spiro atoms. The molecule has 0 aliphatic carbocycles. The first-order valence-corrected chi connectivity index (χ1v) is 7.67. The third kappa shape index (κ3) is 3.22. The first kappa shape index (κ1) is 15.2. The molecule has 2 N–H and O–H groups in total. The molecule has 0 radical (unpaired) electrons. The van der Waals surface area contributed by atoms with E-state index in [0.717, 1.165) is 17.3 Å². The third-order valence-electron chi connectivity index (χ3n) is 3.35. The fourth-order valence-electron chi connectivity index (χ4n) is 2.18. The first-order valence-electron chi connectivity index (χ1n) is 6.86. The number of carbonyl (C=O) groups excluding carboxylic acids is 2. The van der Waals surface area contributed by atoms with Crippen LogP contribution in [0.15, 0.2) is 53.4 Å². The van der Waals surface area contributed by atoms with Crippen molar-refractivity contribution in [3.8, 4) is 11.5 Å².